The van der Waals surface area contributed by atoms with E-state index in [2.05, 4.69) is 29.1 Å². The van der Waals surface area contributed by atoms with Crippen LogP contribution in [0.25, 0.3) is 0 Å². The van der Waals surface area contributed by atoms with E-state index >= 15 is 0 Å². The lowest BCUT2D eigenvalue weighted by molar-refractivity contribution is 0.297. The molecule has 1 aliphatic rings. The Morgan fingerprint density at radius 3 is 2.32 bits per heavy atom. The second-order valence-electron chi connectivity index (χ2n) is 6.37. The molecule has 124 valence electrons. The second kappa shape index (κ2) is 7.08. The predicted molar refractivity (Wildman–Crippen MR) is 89.8 cm³/mol. The smallest absolute Gasteiger partial charge is 0.278 e. The molecule has 22 heavy (non-hydrogen) atoms. The number of hydrogen-bond acceptors (Lipinski definition) is 3. The van der Waals surface area contributed by atoms with Crippen molar-refractivity contribution < 1.29 is 8.42 Å². The van der Waals surface area contributed by atoms with Gasteiger partial charge in [0.05, 0.1) is 0 Å². The summed E-state index contributed by atoms with van der Waals surface area (Å²) in [5, 5.41) is 3.67. The third kappa shape index (κ3) is 4.29. The van der Waals surface area contributed by atoms with E-state index in [9.17, 15) is 8.42 Å². The molecule has 0 radical (unpaired) electrons. The van der Waals surface area contributed by atoms with Crippen LogP contribution in [-0.4, -0.2) is 38.9 Å². The van der Waals surface area contributed by atoms with Crippen molar-refractivity contribution in [2.75, 3.05) is 20.6 Å². The predicted octanol–water partition coefficient (Wildman–Crippen LogP) is 2.05. The van der Waals surface area contributed by atoms with Crippen molar-refractivity contribution in [3.63, 3.8) is 0 Å². The summed E-state index contributed by atoms with van der Waals surface area (Å²) in [7, 11) is -0.290. The van der Waals surface area contributed by atoms with Crippen LogP contribution in [0.2, 0.25) is 0 Å². The minimum Gasteiger partial charge on any atom is -0.303 e. The number of nitrogens with one attached hydrogen (secondary N) is 2. The van der Waals surface area contributed by atoms with E-state index in [0.29, 0.717) is 6.54 Å². The van der Waals surface area contributed by atoms with Gasteiger partial charge in [0, 0.05) is 32.2 Å². The zero-order valence-corrected chi connectivity index (χ0v) is 14.5. The van der Waals surface area contributed by atoms with Crippen LogP contribution in [0.1, 0.15) is 44.2 Å². The Morgan fingerprint density at radius 2 is 1.77 bits per heavy atom. The SMILES string of the molecule is C[C@@H](NC1(CNS(=O)(=O)N(C)C)CCCC1)c1ccccc1. The Morgan fingerprint density at radius 1 is 1.18 bits per heavy atom. The maximum atomic E-state index is 12.0. The highest BCUT2D eigenvalue weighted by Gasteiger charge is 2.36. The van der Waals surface area contributed by atoms with Crippen LogP contribution < -0.4 is 10.0 Å². The van der Waals surface area contributed by atoms with E-state index in [1.54, 1.807) is 14.1 Å². The lowest BCUT2D eigenvalue weighted by Crippen LogP contribution is -2.53. The molecule has 2 N–H and O–H groups in total. The van der Waals surface area contributed by atoms with Crippen LogP contribution in [0.3, 0.4) is 0 Å². The summed E-state index contributed by atoms with van der Waals surface area (Å²) in [6.07, 6.45) is 4.27. The zero-order chi connectivity index (χ0) is 16.2. The van der Waals surface area contributed by atoms with Crippen LogP contribution in [0.5, 0.6) is 0 Å². The largest absolute Gasteiger partial charge is 0.303 e. The molecule has 1 aromatic rings. The summed E-state index contributed by atoms with van der Waals surface area (Å²) in [6.45, 7) is 2.57. The van der Waals surface area contributed by atoms with Gasteiger partial charge in [-0.15, -0.1) is 0 Å². The van der Waals surface area contributed by atoms with Crippen LogP contribution in [-0.2, 0) is 10.2 Å². The van der Waals surface area contributed by atoms with Gasteiger partial charge in [-0.05, 0) is 25.3 Å². The molecule has 6 heteroatoms. The first-order valence-electron chi connectivity index (χ1n) is 7.84. The van der Waals surface area contributed by atoms with Crippen molar-refractivity contribution in [1.29, 1.82) is 0 Å². The highest BCUT2D eigenvalue weighted by Crippen LogP contribution is 2.32. The van der Waals surface area contributed by atoms with Gasteiger partial charge >= 0.3 is 0 Å². The fourth-order valence-corrected chi connectivity index (χ4v) is 3.78. The molecule has 0 heterocycles. The summed E-state index contributed by atoms with van der Waals surface area (Å²) in [5.41, 5.74) is 1.07. The maximum absolute atomic E-state index is 12.0. The van der Waals surface area contributed by atoms with E-state index in [1.807, 2.05) is 18.2 Å². The highest BCUT2D eigenvalue weighted by molar-refractivity contribution is 7.87. The summed E-state index contributed by atoms with van der Waals surface area (Å²) in [6, 6.07) is 10.5. The first-order valence-corrected chi connectivity index (χ1v) is 9.28. The Hall–Kier alpha value is -0.950. The van der Waals surface area contributed by atoms with Crippen molar-refractivity contribution in [2.45, 2.75) is 44.2 Å². The summed E-state index contributed by atoms with van der Waals surface area (Å²) in [4.78, 5) is 0. The first-order chi connectivity index (χ1) is 10.3. The third-order valence-corrected chi connectivity index (χ3v) is 5.93. The van der Waals surface area contributed by atoms with E-state index in [1.165, 1.54) is 9.87 Å². The quantitative estimate of drug-likeness (QED) is 0.806. The van der Waals surface area contributed by atoms with E-state index < -0.39 is 10.2 Å². The van der Waals surface area contributed by atoms with Crippen molar-refractivity contribution >= 4 is 10.2 Å². The van der Waals surface area contributed by atoms with Gasteiger partial charge in [0.2, 0.25) is 0 Å². The second-order valence-corrected chi connectivity index (χ2v) is 8.34. The van der Waals surface area contributed by atoms with Crippen LogP contribution >= 0.6 is 0 Å². The molecule has 5 nitrogen and oxygen atoms in total. The lowest BCUT2D eigenvalue weighted by Gasteiger charge is -2.34. The molecule has 1 aliphatic carbocycles. The van der Waals surface area contributed by atoms with Gasteiger partial charge < -0.3 is 5.32 Å². The normalized spacial score (nSPS) is 19.5. The molecule has 0 amide bonds. The van der Waals surface area contributed by atoms with Gasteiger partial charge in [-0.2, -0.15) is 12.7 Å². The first kappa shape index (κ1) is 17.4. The molecule has 1 aromatic carbocycles. The van der Waals surface area contributed by atoms with Gasteiger partial charge in [-0.25, -0.2) is 4.72 Å². The Bertz CT molecular complexity index is 566. The number of hydrogen-bond donors (Lipinski definition) is 2. The molecule has 1 fully saturated rings. The highest BCUT2D eigenvalue weighted by atomic mass is 32.2. The third-order valence-electron chi connectivity index (χ3n) is 4.46. The number of nitrogens with zero attached hydrogens (tertiary/aromatic N) is 1. The van der Waals surface area contributed by atoms with E-state index in [-0.39, 0.29) is 11.6 Å². The average Bonchev–Trinajstić information content (AvgIpc) is 2.95. The van der Waals surface area contributed by atoms with Crippen molar-refractivity contribution in [3.05, 3.63) is 35.9 Å². The van der Waals surface area contributed by atoms with Crippen molar-refractivity contribution in [3.8, 4) is 0 Å². The van der Waals surface area contributed by atoms with Crippen LogP contribution in [0.15, 0.2) is 30.3 Å². The molecule has 1 atom stereocenters. The number of rotatable bonds is 7. The molecule has 0 aliphatic heterocycles. The fourth-order valence-electron chi connectivity index (χ4n) is 3.07. The molecular formula is C16H27N3O2S. The molecular weight excluding hydrogens is 298 g/mol. The minimum absolute atomic E-state index is 0.154. The summed E-state index contributed by atoms with van der Waals surface area (Å²) >= 11 is 0. The average molecular weight is 325 g/mol. The zero-order valence-electron chi connectivity index (χ0n) is 13.7. The molecule has 0 spiro atoms. The van der Waals surface area contributed by atoms with Gasteiger partial charge in [0.1, 0.15) is 0 Å². The standard InChI is InChI=1S/C16H27N3O2S/c1-14(15-9-5-4-6-10-15)18-16(11-7-8-12-16)13-17-22(20,21)19(2)3/h4-6,9-10,14,17-18H,7-8,11-13H2,1-3H3/t14-/m1/s1. The Labute approximate surface area is 134 Å². The summed E-state index contributed by atoms with van der Waals surface area (Å²) < 4.78 is 27.9. The van der Waals surface area contributed by atoms with Crippen molar-refractivity contribution in [2.24, 2.45) is 0 Å². The molecule has 0 aromatic heterocycles. The van der Waals surface area contributed by atoms with Crippen LogP contribution in [0, 0.1) is 0 Å². The topological polar surface area (TPSA) is 61.4 Å². The number of benzene rings is 1. The molecule has 2 rings (SSSR count). The lowest BCUT2D eigenvalue weighted by atomic mass is 9.95. The molecule has 0 bridgehead atoms. The monoisotopic (exact) mass is 325 g/mol. The molecule has 1 saturated carbocycles. The Kier molecular flexibility index (Phi) is 5.60. The van der Waals surface area contributed by atoms with Gasteiger partial charge in [0.25, 0.3) is 10.2 Å². The summed E-state index contributed by atoms with van der Waals surface area (Å²) in [5.74, 6) is 0. The van der Waals surface area contributed by atoms with Gasteiger partial charge in [-0.1, -0.05) is 43.2 Å². The van der Waals surface area contributed by atoms with Gasteiger partial charge in [-0.3, -0.25) is 0 Å². The molecule has 0 unspecified atom stereocenters. The van der Waals surface area contributed by atoms with Crippen LogP contribution in [0.4, 0.5) is 0 Å². The van der Waals surface area contributed by atoms with Crippen molar-refractivity contribution in [1.82, 2.24) is 14.3 Å². The van der Waals surface area contributed by atoms with Gasteiger partial charge in [0.15, 0.2) is 0 Å². The minimum atomic E-state index is -3.38. The van der Waals surface area contributed by atoms with E-state index in [0.717, 1.165) is 25.7 Å². The molecule has 0 saturated heterocycles. The Balaban J connectivity index is 2.06. The maximum Gasteiger partial charge on any atom is 0.278 e. The fraction of sp³-hybridized carbons (Fsp3) is 0.625. The van der Waals surface area contributed by atoms with E-state index in [4.69, 9.17) is 0 Å².